The van der Waals surface area contributed by atoms with E-state index in [0.29, 0.717) is 30.3 Å². The molecule has 0 radical (unpaired) electrons. The zero-order chi connectivity index (χ0) is 31.5. The van der Waals surface area contributed by atoms with Crippen LogP contribution in [-0.2, 0) is 28.9 Å². The van der Waals surface area contributed by atoms with Crippen LogP contribution in [0.15, 0.2) is 79.5 Å². The normalized spacial score (nSPS) is 20.3. The van der Waals surface area contributed by atoms with Crippen molar-refractivity contribution in [2.45, 2.75) is 69.7 Å². The second kappa shape index (κ2) is 13.6. The average molecular weight is 639 g/mol. The Bertz CT molecular complexity index is 1690. The van der Waals surface area contributed by atoms with Crippen LogP contribution in [0.3, 0.4) is 0 Å². The number of pyridine rings is 1. The number of piperazine rings is 1. The van der Waals surface area contributed by atoms with Gasteiger partial charge >= 0.3 is 6.09 Å². The lowest BCUT2D eigenvalue weighted by Gasteiger charge is -2.44. The van der Waals surface area contributed by atoms with Crippen LogP contribution in [0, 0.1) is 0 Å². The Morgan fingerprint density at radius 1 is 0.957 bits per heavy atom. The van der Waals surface area contributed by atoms with Crippen LogP contribution >= 0.6 is 11.6 Å². The van der Waals surface area contributed by atoms with Crippen molar-refractivity contribution in [2.24, 2.45) is 0 Å². The fourth-order valence-electron chi connectivity index (χ4n) is 7.19. The first kappa shape index (κ1) is 30.4. The van der Waals surface area contributed by atoms with E-state index in [9.17, 15) is 9.59 Å². The van der Waals surface area contributed by atoms with Crippen molar-refractivity contribution >= 4 is 29.3 Å². The van der Waals surface area contributed by atoms with Crippen molar-refractivity contribution in [3.8, 4) is 0 Å². The number of fused-ring (bicyclic) bond motifs is 2. The summed E-state index contributed by atoms with van der Waals surface area (Å²) in [5.74, 6) is -0.174. The largest absolute Gasteiger partial charge is 0.446 e. The quantitative estimate of drug-likeness (QED) is 0.268. The molecule has 2 amide bonds. The molecule has 2 aromatic heterocycles. The molecule has 2 atom stereocenters. The minimum absolute atomic E-state index is 0.0562. The number of aromatic nitrogens is 3. The molecule has 2 aromatic carbocycles. The van der Waals surface area contributed by atoms with Gasteiger partial charge in [0.1, 0.15) is 12.1 Å². The number of benzene rings is 2. The molecule has 10 heteroatoms. The summed E-state index contributed by atoms with van der Waals surface area (Å²) < 4.78 is 7.96. The number of anilines is 1. The monoisotopic (exact) mass is 638 g/mol. The Labute approximate surface area is 274 Å². The van der Waals surface area contributed by atoms with Gasteiger partial charge in [-0.3, -0.25) is 14.7 Å². The summed E-state index contributed by atoms with van der Waals surface area (Å²) in [5, 5.41) is 3.88. The molecule has 3 aliphatic rings. The predicted octanol–water partition coefficient (Wildman–Crippen LogP) is 6.26. The molecule has 2 fully saturated rings. The van der Waals surface area contributed by atoms with Crippen LogP contribution in [0.5, 0.6) is 0 Å². The number of hydrogen-bond acceptors (Lipinski definition) is 6. The van der Waals surface area contributed by atoms with E-state index in [-0.39, 0.29) is 30.7 Å². The smallest absolute Gasteiger partial charge is 0.410 e. The number of imidazole rings is 1. The number of hydrogen-bond donors (Lipinski definition) is 1. The highest BCUT2D eigenvalue weighted by molar-refractivity contribution is 6.30. The molecule has 1 N–H and O–H groups in total. The highest BCUT2D eigenvalue weighted by atomic mass is 35.5. The van der Waals surface area contributed by atoms with E-state index in [4.69, 9.17) is 21.3 Å². The SMILES string of the molecule is O=C(Nc1cccc(Cn2ccnc2)c1)[C@H]1CN(C(=O)OC2CCCCC2)CCN1C1c2ccc(Cl)cc2CCc2cccnc21. The van der Waals surface area contributed by atoms with Gasteiger partial charge in [-0.1, -0.05) is 42.3 Å². The molecule has 46 heavy (non-hydrogen) atoms. The Hall–Kier alpha value is -4.21. The van der Waals surface area contributed by atoms with Gasteiger partial charge in [0.05, 0.1) is 18.1 Å². The minimum atomic E-state index is -0.647. The first-order chi connectivity index (χ1) is 22.5. The number of carbonyl (C=O) groups is 2. The van der Waals surface area contributed by atoms with Crippen molar-refractivity contribution in [2.75, 3.05) is 25.0 Å². The van der Waals surface area contributed by atoms with E-state index in [1.807, 2.05) is 59.4 Å². The molecule has 3 heterocycles. The second-order valence-electron chi connectivity index (χ2n) is 12.6. The fraction of sp³-hybridized carbons (Fsp3) is 0.389. The third kappa shape index (κ3) is 6.66. The van der Waals surface area contributed by atoms with Crippen molar-refractivity contribution in [3.05, 3.63) is 112 Å². The van der Waals surface area contributed by atoms with E-state index in [2.05, 4.69) is 27.3 Å². The van der Waals surface area contributed by atoms with Crippen LogP contribution in [0.2, 0.25) is 5.02 Å². The number of amides is 2. The summed E-state index contributed by atoms with van der Waals surface area (Å²) in [6.07, 6.45) is 13.7. The summed E-state index contributed by atoms with van der Waals surface area (Å²) >= 11 is 6.48. The Balaban J connectivity index is 1.21. The van der Waals surface area contributed by atoms with E-state index in [0.717, 1.165) is 66.5 Å². The van der Waals surface area contributed by atoms with Gasteiger partial charge in [0.25, 0.3) is 0 Å². The fourth-order valence-corrected chi connectivity index (χ4v) is 7.38. The Morgan fingerprint density at radius 2 is 1.83 bits per heavy atom. The number of rotatable bonds is 6. The minimum Gasteiger partial charge on any atom is -0.446 e. The lowest BCUT2D eigenvalue weighted by Crippen LogP contribution is -2.60. The topological polar surface area (TPSA) is 92.6 Å². The number of nitrogens with one attached hydrogen (secondary N) is 1. The van der Waals surface area contributed by atoms with Crippen LogP contribution in [-0.4, -0.2) is 68.1 Å². The molecule has 2 aliphatic carbocycles. The van der Waals surface area contributed by atoms with Gasteiger partial charge in [-0.25, -0.2) is 9.78 Å². The molecular formula is C36H39ClN6O3. The van der Waals surface area contributed by atoms with E-state index >= 15 is 0 Å². The van der Waals surface area contributed by atoms with Gasteiger partial charge in [0.15, 0.2) is 0 Å². The zero-order valence-electron chi connectivity index (χ0n) is 25.9. The van der Waals surface area contributed by atoms with Crippen molar-refractivity contribution in [3.63, 3.8) is 0 Å². The maximum Gasteiger partial charge on any atom is 0.410 e. The summed E-state index contributed by atoms with van der Waals surface area (Å²) in [6, 6.07) is 17.1. The van der Waals surface area contributed by atoms with Gasteiger partial charge in [-0.15, -0.1) is 0 Å². The first-order valence-corrected chi connectivity index (χ1v) is 16.7. The Morgan fingerprint density at radius 3 is 2.67 bits per heavy atom. The van der Waals surface area contributed by atoms with Crippen LogP contribution in [0.1, 0.15) is 66.1 Å². The molecule has 1 saturated heterocycles. The number of aryl methyl sites for hydroxylation is 2. The van der Waals surface area contributed by atoms with E-state index in [1.54, 1.807) is 17.4 Å². The van der Waals surface area contributed by atoms with Crippen LogP contribution in [0.4, 0.5) is 10.5 Å². The summed E-state index contributed by atoms with van der Waals surface area (Å²) in [5.41, 5.74) is 6.10. The van der Waals surface area contributed by atoms with Gasteiger partial charge in [-0.2, -0.15) is 0 Å². The lowest BCUT2D eigenvalue weighted by molar-refractivity contribution is -0.124. The molecule has 1 saturated carbocycles. The van der Waals surface area contributed by atoms with Crippen molar-refractivity contribution in [1.29, 1.82) is 0 Å². The molecule has 9 nitrogen and oxygen atoms in total. The zero-order valence-corrected chi connectivity index (χ0v) is 26.6. The molecule has 1 unspecified atom stereocenters. The van der Waals surface area contributed by atoms with Gasteiger partial charge < -0.3 is 19.5 Å². The first-order valence-electron chi connectivity index (χ1n) is 16.3. The highest BCUT2D eigenvalue weighted by Crippen LogP contribution is 2.39. The molecular weight excluding hydrogens is 600 g/mol. The number of ether oxygens (including phenoxy) is 1. The molecule has 0 bridgehead atoms. The maximum atomic E-state index is 14.4. The molecule has 238 valence electrons. The van der Waals surface area contributed by atoms with Crippen LogP contribution < -0.4 is 5.32 Å². The molecule has 0 spiro atoms. The molecule has 1 aliphatic heterocycles. The van der Waals surface area contributed by atoms with Gasteiger partial charge in [0, 0.05) is 55.5 Å². The van der Waals surface area contributed by atoms with E-state index in [1.165, 1.54) is 6.42 Å². The summed E-state index contributed by atoms with van der Waals surface area (Å²) in [4.78, 5) is 40.8. The third-order valence-electron chi connectivity index (χ3n) is 9.50. The number of halogens is 1. The molecule has 4 aromatic rings. The number of carbonyl (C=O) groups excluding carboxylic acids is 2. The predicted molar refractivity (Wildman–Crippen MR) is 177 cm³/mol. The van der Waals surface area contributed by atoms with Crippen LogP contribution in [0.25, 0.3) is 0 Å². The maximum absolute atomic E-state index is 14.4. The molecule has 7 rings (SSSR count). The highest BCUT2D eigenvalue weighted by Gasteiger charge is 2.42. The average Bonchev–Trinajstić information content (AvgIpc) is 3.53. The Kier molecular flexibility index (Phi) is 9.03. The van der Waals surface area contributed by atoms with Gasteiger partial charge in [-0.05, 0) is 91.1 Å². The second-order valence-corrected chi connectivity index (χ2v) is 13.0. The number of nitrogens with zero attached hydrogens (tertiary/aromatic N) is 5. The van der Waals surface area contributed by atoms with Crippen molar-refractivity contribution in [1.82, 2.24) is 24.3 Å². The lowest BCUT2D eigenvalue weighted by atomic mass is 9.94. The third-order valence-corrected chi connectivity index (χ3v) is 9.74. The standard InChI is InChI=1S/C36H39ClN6O3/c37-28-13-14-31-27(21-28)12-11-26-7-5-15-39-33(26)34(31)43-19-18-42(36(45)46-30-9-2-1-3-10-30)23-32(43)35(44)40-29-8-4-6-25(20-29)22-41-17-16-38-24-41/h4-8,13-17,20-21,24,30,32,34H,1-3,9-12,18-19,22-23H2,(H,40,44)/t32-,34?/m1/s1. The van der Waals surface area contributed by atoms with Gasteiger partial charge in [0.2, 0.25) is 5.91 Å². The van der Waals surface area contributed by atoms with Crippen molar-refractivity contribution < 1.29 is 14.3 Å². The summed E-state index contributed by atoms with van der Waals surface area (Å²) in [6.45, 7) is 1.80. The summed E-state index contributed by atoms with van der Waals surface area (Å²) in [7, 11) is 0. The van der Waals surface area contributed by atoms with E-state index < -0.39 is 6.04 Å².